The number of benzene rings is 2. The average Bonchev–Trinajstić information content (AvgIpc) is 3.07. The van der Waals surface area contributed by atoms with Crippen LogP contribution >= 0.6 is 0 Å². The van der Waals surface area contributed by atoms with Crippen molar-refractivity contribution in [2.75, 3.05) is 32.8 Å². The van der Waals surface area contributed by atoms with Gasteiger partial charge in [-0.15, -0.1) is 0 Å². The van der Waals surface area contributed by atoms with Crippen LogP contribution in [0.5, 0.6) is 17.2 Å². The minimum Gasteiger partial charge on any atom is -0.497 e. The van der Waals surface area contributed by atoms with Crippen LogP contribution in [0, 0.1) is 0 Å². The number of amides is 1. The average molecular weight is 406 g/mol. The van der Waals surface area contributed by atoms with Crippen molar-refractivity contribution < 1.29 is 27.4 Å². The van der Waals surface area contributed by atoms with Gasteiger partial charge in [-0.1, -0.05) is 0 Å². The standard InChI is InChI=1S/C19H22N2O6S/c1-25-14-6-4-13(5-7-14)21-11-10-16(19(21)22)20-28(23,24)18-12-15(26-2)8-9-17(18)27-3/h4-9,12,16,20H,10-11H2,1-3H3/t16-/m0/s1. The highest BCUT2D eigenvalue weighted by molar-refractivity contribution is 7.89. The first-order chi connectivity index (χ1) is 13.4. The molecule has 9 heteroatoms. The van der Waals surface area contributed by atoms with Crippen molar-refractivity contribution in [1.29, 1.82) is 0 Å². The molecular weight excluding hydrogens is 384 g/mol. The van der Waals surface area contributed by atoms with Crippen LogP contribution in [0.1, 0.15) is 6.42 Å². The molecule has 0 spiro atoms. The van der Waals surface area contributed by atoms with E-state index in [1.165, 1.54) is 26.4 Å². The van der Waals surface area contributed by atoms with Crippen molar-refractivity contribution in [3.63, 3.8) is 0 Å². The summed E-state index contributed by atoms with van der Waals surface area (Å²) in [6.45, 7) is 0.410. The minimum absolute atomic E-state index is 0.0787. The molecule has 150 valence electrons. The van der Waals surface area contributed by atoms with Crippen LogP contribution in [0.4, 0.5) is 5.69 Å². The monoisotopic (exact) mass is 406 g/mol. The third kappa shape index (κ3) is 3.90. The van der Waals surface area contributed by atoms with Gasteiger partial charge in [-0.05, 0) is 42.8 Å². The fraction of sp³-hybridized carbons (Fsp3) is 0.316. The lowest BCUT2D eigenvalue weighted by molar-refractivity contribution is -0.118. The van der Waals surface area contributed by atoms with Crippen LogP contribution < -0.4 is 23.8 Å². The summed E-state index contributed by atoms with van der Waals surface area (Å²) in [7, 11) is 0.398. The summed E-state index contributed by atoms with van der Waals surface area (Å²) in [6.07, 6.45) is 0.358. The number of hydrogen-bond acceptors (Lipinski definition) is 6. The second kappa shape index (κ2) is 8.07. The number of sulfonamides is 1. The molecule has 1 atom stereocenters. The summed E-state index contributed by atoms with van der Waals surface area (Å²) < 4.78 is 43.6. The molecule has 1 fully saturated rings. The minimum atomic E-state index is -3.99. The normalized spacial score (nSPS) is 16.9. The van der Waals surface area contributed by atoms with Crippen molar-refractivity contribution in [2.24, 2.45) is 0 Å². The quantitative estimate of drug-likeness (QED) is 0.754. The molecule has 0 saturated carbocycles. The highest BCUT2D eigenvalue weighted by atomic mass is 32.2. The fourth-order valence-corrected chi connectivity index (χ4v) is 4.46. The number of nitrogens with one attached hydrogen (secondary N) is 1. The zero-order valence-corrected chi connectivity index (χ0v) is 16.7. The molecule has 3 rings (SSSR count). The Morgan fingerprint density at radius 1 is 0.964 bits per heavy atom. The van der Waals surface area contributed by atoms with Gasteiger partial charge in [-0.25, -0.2) is 8.42 Å². The lowest BCUT2D eigenvalue weighted by Gasteiger charge is -2.18. The van der Waals surface area contributed by atoms with Gasteiger partial charge in [0.15, 0.2) is 0 Å². The van der Waals surface area contributed by atoms with Gasteiger partial charge < -0.3 is 19.1 Å². The molecule has 1 N–H and O–H groups in total. The molecule has 2 aromatic carbocycles. The Balaban J connectivity index is 1.81. The van der Waals surface area contributed by atoms with Crippen molar-refractivity contribution in [2.45, 2.75) is 17.4 Å². The molecule has 1 aliphatic rings. The summed E-state index contributed by atoms with van der Waals surface area (Å²) >= 11 is 0. The summed E-state index contributed by atoms with van der Waals surface area (Å²) in [5.74, 6) is 0.915. The van der Waals surface area contributed by atoms with E-state index in [2.05, 4.69) is 4.72 Å². The fourth-order valence-electron chi connectivity index (χ4n) is 3.05. The van der Waals surface area contributed by atoms with E-state index in [1.807, 2.05) is 0 Å². The van der Waals surface area contributed by atoms with Gasteiger partial charge in [0.25, 0.3) is 0 Å². The van der Waals surface area contributed by atoms with Gasteiger partial charge in [-0.2, -0.15) is 4.72 Å². The number of ether oxygens (including phenoxy) is 3. The molecule has 0 aromatic heterocycles. The van der Waals surface area contributed by atoms with E-state index in [0.717, 1.165) is 0 Å². The third-order valence-corrected chi connectivity index (χ3v) is 6.04. The van der Waals surface area contributed by atoms with E-state index >= 15 is 0 Å². The van der Waals surface area contributed by atoms with Crippen LogP contribution in [0.15, 0.2) is 47.4 Å². The molecule has 8 nitrogen and oxygen atoms in total. The van der Waals surface area contributed by atoms with Crippen LogP contribution in [0.2, 0.25) is 0 Å². The second-order valence-corrected chi connectivity index (χ2v) is 7.85. The van der Waals surface area contributed by atoms with Crippen molar-refractivity contribution in [3.05, 3.63) is 42.5 Å². The molecule has 0 radical (unpaired) electrons. The maximum atomic E-state index is 12.9. The van der Waals surface area contributed by atoms with Crippen LogP contribution in [0.3, 0.4) is 0 Å². The second-order valence-electron chi connectivity index (χ2n) is 6.17. The van der Waals surface area contributed by atoms with E-state index in [-0.39, 0.29) is 16.6 Å². The van der Waals surface area contributed by atoms with Crippen molar-refractivity contribution in [3.8, 4) is 17.2 Å². The van der Waals surface area contributed by atoms with E-state index in [9.17, 15) is 13.2 Å². The SMILES string of the molecule is COc1ccc(N2CC[C@H](NS(=O)(=O)c3cc(OC)ccc3OC)C2=O)cc1. The molecular formula is C19H22N2O6S. The number of carbonyl (C=O) groups excluding carboxylic acids is 1. The Kier molecular flexibility index (Phi) is 5.76. The first-order valence-corrected chi connectivity index (χ1v) is 10.1. The van der Waals surface area contributed by atoms with E-state index in [1.54, 1.807) is 42.3 Å². The number of rotatable bonds is 7. The Morgan fingerprint density at radius 3 is 2.21 bits per heavy atom. The molecule has 1 heterocycles. The van der Waals surface area contributed by atoms with Gasteiger partial charge in [0.1, 0.15) is 28.2 Å². The lowest BCUT2D eigenvalue weighted by atomic mass is 10.2. The number of carbonyl (C=O) groups is 1. The van der Waals surface area contributed by atoms with Gasteiger partial charge in [-0.3, -0.25) is 4.79 Å². The van der Waals surface area contributed by atoms with Gasteiger partial charge in [0.2, 0.25) is 15.9 Å². The predicted molar refractivity (Wildman–Crippen MR) is 104 cm³/mol. The summed E-state index contributed by atoms with van der Waals surface area (Å²) in [5, 5.41) is 0. The first kappa shape index (κ1) is 20.0. The summed E-state index contributed by atoms with van der Waals surface area (Å²) in [4.78, 5) is 14.2. The van der Waals surface area contributed by atoms with Gasteiger partial charge in [0, 0.05) is 18.3 Å². The molecule has 1 aliphatic heterocycles. The van der Waals surface area contributed by atoms with E-state index in [4.69, 9.17) is 14.2 Å². The van der Waals surface area contributed by atoms with Gasteiger partial charge >= 0.3 is 0 Å². The van der Waals surface area contributed by atoms with E-state index in [0.29, 0.717) is 30.2 Å². The molecule has 0 unspecified atom stereocenters. The maximum Gasteiger partial charge on any atom is 0.245 e. The molecule has 1 saturated heterocycles. The highest BCUT2D eigenvalue weighted by Gasteiger charge is 2.36. The Bertz CT molecular complexity index is 959. The number of anilines is 1. The zero-order valence-electron chi connectivity index (χ0n) is 15.8. The Labute approximate surface area is 164 Å². The van der Waals surface area contributed by atoms with Crippen molar-refractivity contribution in [1.82, 2.24) is 4.72 Å². The first-order valence-electron chi connectivity index (χ1n) is 8.59. The smallest absolute Gasteiger partial charge is 0.245 e. The largest absolute Gasteiger partial charge is 0.497 e. The van der Waals surface area contributed by atoms with Gasteiger partial charge in [0.05, 0.1) is 21.3 Å². The van der Waals surface area contributed by atoms with Crippen LogP contribution in [-0.4, -0.2) is 48.2 Å². The van der Waals surface area contributed by atoms with Crippen molar-refractivity contribution >= 4 is 21.6 Å². The molecule has 2 aromatic rings. The molecule has 0 bridgehead atoms. The van der Waals surface area contributed by atoms with Crippen LogP contribution in [0.25, 0.3) is 0 Å². The number of methoxy groups -OCH3 is 3. The predicted octanol–water partition coefficient (Wildman–Crippen LogP) is 1.80. The molecule has 0 aliphatic carbocycles. The Hall–Kier alpha value is -2.78. The topological polar surface area (TPSA) is 94.2 Å². The Morgan fingerprint density at radius 2 is 1.61 bits per heavy atom. The third-order valence-electron chi connectivity index (χ3n) is 4.55. The van der Waals surface area contributed by atoms with Crippen LogP contribution in [-0.2, 0) is 14.8 Å². The summed E-state index contributed by atoms with van der Waals surface area (Å²) in [5.41, 5.74) is 0.687. The number of nitrogens with zero attached hydrogens (tertiary/aromatic N) is 1. The molecule has 28 heavy (non-hydrogen) atoms. The molecule has 1 amide bonds. The zero-order chi connectivity index (χ0) is 20.3. The lowest BCUT2D eigenvalue weighted by Crippen LogP contribution is -2.41. The highest BCUT2D eigenvalue weighted by Crippen LogP contribution is 2.30. The number of hydrogen-bond donors (Lipinski definition) is 1. The maximum absolute atomic E-state index is 12.9. The van der Waals surface area contributed by atoms with E-state index < -0.39 is 16.1 Å². The summed E-state index contributed by atoms with van der Waals surface area (Å²) in [6, 6.07) is 10.6.